The molecule has 0 aromatic carbocycles. The van der Waals surface area contributed by atoms with Crippen LogP contribution in [0.15, 0.2) is 97.2 Å². The van der Waals surface area contributed by atoms with Gasteiger partial charge in [0.15, 0.2) is 0 Å². The Bertz CT molecular complexity index is 1790. The Labute approximate surface area is 559 Å². The first-order valence-corrected chi connectivity index (χ1v) is 40.0. The number of amides is 1. The van der Waals surface area contributed by atoms with E-state index in [2.05, 4.69) is 116 Å². The van der Waals surface area contributed by atoms with E-state index in [1.54, 1.807) is 0 Å². The van der Waals surface area contributed by atoms with Gasteiger partial charge in [0.2, 0.25) is 5.91 Å². The van der Waals surface area contributed by atoms with Crippen LogP contribution in [-0.4, -0.2) is 68.5 Å². The third-order valence-electron chi connectivity index (χ3n) is 17.3. The number of nitrogens with one attached hydrogen (secondary N) is 1. The molecule has 0 rings (SSSR count). The molecule has 0 radical (unpaired) electrons. The number of nitrogens with zero attached hydrogens (tertiary/aromatic N) is 1. The van der Waals surface area contributed by atoms with Crippen LogP contribution in [0.1, 0.15) is 361 Å². The number of likely N-dealkylation sites (N-methyl/N-ethyl adjacent to an activating group) is 1. The predicted octanol–water partition coefficient (Wildman–Crippen LogP) is 24.6. The molecule has 0 aliphatic carbocycles. The number of unbranched alkanes of at least 4 members (excludes halogenated alkanes) is 42. The molecular formula is C81H149N2O6P. The summed E-state index contributed by atoms with van der Waals surface area (Å²) in [5.74, 6) is -0.161. The number of carbonyl (C=O) groups excluding carboxylic acids is 1. The van der Waals surface area contributed by atoms with Crippen molar-refractivity contribution in [1.29, 1.82) is 0 Å². The number of aliphatic hydroxyl groups excluding tert-OH is 1. The molecule has 0 heterocycles. The monoisotopic (exact) mass is 1280 g/mol. The lowest BCUT2D eigenvalue weighted by Gasteiger charge is -2.30. The quantitative estimate of drug-likeness (QED) is 0.0272. The highest BCUT2D eigenvalue weighted by Crippen LogP contribution is 2.38. The molecule has 524 valence electrons. The van der Waals surface area contributed by atoms with Gasteiger partial charge >= 0.3 is 0 Å². The number of phosphoric acid groups is 1. The second kappa shape index (κ2) is 70.7. The SMILES string of the molecule is CC/C=C\C/C=C\C/C=C\C/C=C\C/C=C\C/C=C\C/C=C\C/C=C\CCCCCCCCCCCCCCCCCCC(=O)NC(COP(=O)([O-])OCC[N+](C)(C)C)C(O)CCCCCCCCCCCCCCCCCCCCCCCCCCCCC. The number of carbonyl (C=O) groups is 1. The molecule has 0 spiro atoms. The van der Waals surface area contributed by atoms with Gasteiger partial charge in [0.1, 0.15) is 13.2 Å². The zero-order chi connectivity index (χ0) is 65.5. The number of rotatable bonds is 71. The molecule has 0 bridgehead atoms. The Morgan fingerprint density at radius 3 is 0.989 bits per heavy atom. The molecule has 0 aromatic heterocycles. The van der Waals surface area contributed by atoms with Crippen LogP contribution >= 0.6 is 7.82 Å². The van der Waals surface area contributed by atoms with Crippen molar-refractivity contribution in [2.45, 2.75) is 373 Å². The highest BCUT2D eigenvalue weighted by atomic mass is 31.2. The number of phosphoric ester groups is 1. The van der Waals surface area contributed by atoms with Gasteiger partial charge in [-0.15, -0.1) is 0 Å². The minimum Gasteiger partial charge on any atom is -0.756 e. The van der Waals surface area contributed by atoms with Crippen LogP contribution in [0.25, 0.3) is 0 Å². The molecule has 0 aromatic rings. The Hall–Kier alpha value is -2.58. The topological polar surface area (TPSA) is 108 Å². The van der Waals surface area contributed by atoms with Gasteiger partial charge in [-0.2, -0.15) is 0 Å². The van der Waals surface area contributed by atoms with Crippen molar-refractivity contribution in [2.24, 2.45) is 0 Å². The van der Waals surface area contributed by atoms with Crippen molar-refractivity contribution in [1.82, 2.24) is 5.32 Å². The van der Waals surface area contributed by atoms with E-state index in [0.717, 1.165) is 89.9 Å². The lowest BCUT2D eigenvalue weighted by atomic mass is 10.0. The van der Waals surface area contributed by atoms with E-state index in [1.807, 2.05) is 21.1 Å². The molecule has 9 heteroatoms. The van der Waals surface area contributed by atoms with Crippen molar-refractivity contribution in [3.8, 4) is 0 Å². The van der Waals surface area contributed by atoms with Crippen molar-refractivity contribution in [3.05, 3.63) is 97.2 Å². The van der Waals surface area contributed by atoms with Crippen molar-refractivity contribution in [2.75, 3.05) is 40.9 Å². The Balaban J connectivity index is 3.98. The smallest absolute Gasteiger partial charge is 0.268 e. The van der Waals surface area contributed by atoms with Crippen LogP contribution in [-0.2, 0) is 18.4 Å². The maximum Gasteiger partial charge on any atom is 0.268 e. The maximum atomic E-state index is 13.1. The molecule has 3 unspecified atom stereocenters. The highest BCUT2D eigenvalue weighted by Gasteiger charge is 2.24. The second-order valence-corrected chi connectivity index (χ2v) is 28.7. The summed E-state index contributed by atoms with van der Waals surface area (Å²) in [7, 11) is 1.31. The fourth-order valence-corrected chi connectivity index (χ4v) is 12.1. The van der Waals surface area contributed by atoms with E-state index in [9.17, 15) is 19.4 Å². The lowest BCUT2D eigenvalue weighted by molar-refractivity contribution is -0.870. The van der Waals surface area contributed by atoms with Crippen molar-refractivity contribution in [3.63, 3.8) is 0 Å². The maximum absolute atomic E-state index is 13.1. The first-order chi connectivity index (χ1) is 44.0. The minimum atomic E-state index is -4.59. The van der Waals surface area contributed by atoms with Crippen LogP contribution in [0.5, 0.6) is 0 Å². The van der Waals surface area contributed by atoms with E-state index in [0.29, 0.717) is 23.9 Å². The standard InChI is InChI=1S/C81H149N2O6P/c1-6-8-10-12-14-16-18-20-22-24-26-28-30-32-34-35-36-37-38-39-40-41-42-43-44-45-46-47-49-51-53-55-57-59-61-63-65-67-69-71-73-75-81(85)82-79(78-89-90(86,87)88-77-76-83(3,4)5)80(84)74-72-70-68-66-64-62-60-58-56-54-52-50-48-33-31-29-27-25-23-21-19-17-15-13-11-9-7-2/h8,10,14,16,20,22,26,28,32,34,36-37,39-40,42-43,79-80,84H,6-7,9,11-13,15,17-19,21,23-25,27,29-31,33,35,38,41,44-78H2,1-5H3,(H-,82,85,86,87)/b10-8-,16-14-,22-20-,28-26-,34-32-,37-36-,40-39-,43-42-. The summed E-state index contributed by atoms with van der Waals surface area (Å²) in [6.45, 7) is 4.65. The van der Waals surface area contributed by atoms with Gasteiger partial charge in [-0.05, 0) is 77.0 Å². The van der Waals surface area contributed by atoms with Crippen LogP contribution in [0.4, 0.5) is 0 Å². The predicted molar refractivity (Wildman–Crippen MR) is 394 cm³/mol. The van der Waals surface area contributed by atoms with E-state index < -0.39 is 20.0 Å². The van der Waals surface area contributed by atoms with Gasteiger partial charge < -0.3 is 28.8 Å². The van der Waals surface area contributed by atoms with Crippen molar-refractivity contribution < 1.29 is 32.9 Å². The largest absolute Gasteiger partial charge is 0.756 e. The average molecular weight is 1280 g/mol. The number of quaternary nitrogens is 1. The minimum absolute atomic E-state index is 0.0110. The molecule has 0 aliphatic rings. The number of aliphatic hydroxyl groups is 1. The molecule has 2 N–H and O–H groups in total. The van der Waals surface area contributed by atoms with E-state index in [-0.39, 0.29) is 19.1 Å². The van der Waals surface area contributed by atoms with E-state index >= 15 is 0 Å². The Kier molecular flexibility index (Phi) is 68.7. The van der Waals surface area contributed by atoms with Gasteiger partial charge in [0.05, 0.1) is 39.9 Å². The molecule has 90 heavy (non-hydrogen) atoms. The summed E-state index contributed by atoms with van der Waals surface area (Å²) >= 11 is 0. The van der Waals surface area contributed by atoms with Crippen LogP contribution in [0.3, 0.4) is 0 Å². The summed E-state index contributed by atoms with van der Waals surface area (Å²) in [5.41, 5.74) is 0. The van der Waals surface area contributed by atoms with Gasteiger partial charge in [-0.1, -0.05) is 374 Å². The van der Waals surface area contributed by atoms with Gasteiger partial charge in [-0.25, -0.2) is 0 Å². The van der Waals surface area contributed by atoms with Gasteiger partial charge in [-0.3, -0.25) is 9.36 Å². The zero-order valence-electron chi connectivity index (χ0n) is 60.1. The first-order valence-electron chi connectivity index (χ1n) is 38.6. The lowest BCUT2D eigenvalue weighted by Crippen LogP contribution is -2.46. The molecule has 8 nitrogen and oxygen atoms in total. The second-order valence-electron chi connectivity index (χ2n) is 27.3. The Morgan fingerprint density at radius 2 is 0.678 bits per heavy atom. The molecule has 0 saturated heterocycles. The molecule has 0 fully saturated rings. The first kappa shape index (κ1) is 87.4. The number of hydrogen-bond acceptors (Lipinski definition) is 6. The summed E-state index contributed by atoms with van der Waals surface area (Å²) < 4.78 is 23.6. The highest BCUT2D eigenvalue weighted by molar-refractivity contribution is 7.45. The van der Waals surface area contributed by atoms with E-state index in [4.69, 9.17) is 9.05 Å². The average Bonchev–Trinajstić information content (AvgIpc) is 3.09. The molecule has 3 atom stereocenters. The zero-order valence-corrected chi connectivity index (χ0v) is 61.0. The fourth-order valence-electron chi connectivity index (χ4n) is 11.4. The van der Waals surface area contributed by atoms with Crippen molar-refractivity contribution >= 4 is 13.7 Å². The molecule has 1 amide bonds. The van der Waals surface area contributed by atoms with Crippen LogP contribution in [0, 0.1) is 0 Å². The summed E-state index contributed by atoms with van der Waals surface area (Å²) in [6.07, 6.45) is 102. The third kappa shape index (κ3) is 72.8. The summed E-state index contributed by atoms with van der Waals surface area (Å²) in [6, 6.07) is -0.806. The van der Waals surface area contributed by atoms with Gasteiger partial charge in [0.25, 0.3) is 7.82 Å². The summed E-state index contributed by atoms with van der Waals surface area (Å²) in [5, 5.41) is 14.1. The normalized spacial score (nSPS) is 14.1. The molecular weight excluding hydrogens is 1130 g/mol. The summed E-state index contributed by atoms with van der Waals surface area (Å²) in [4.78, 5) is 25.7. The van der Waals surface area contributed by atoms with E-state index in [1.165, 1.54) is 244 Å². The third-order valence-corrected chi connectivity index (χ3v) is 18.3. The fraction of sp³-hybridized carbons (Fsp3) is 0.790. The van der Waals surface area contributed by atoms with Crippen LogP contribution < -0.4 is 10.2 Å². The van der Waals surface area contributed by atoms with Crippen LogP contribution in [0.2, 0.25) is 0 Å². The van der Waals surface area contributed by atoms with Gasteiger partial charge in [0, 0.05) is 6.42 Å². The Morgan fingerprint density at radius 1 is 0.400 bits per heavy atom. The number of hydrogen-bond donors (Lipinski definition) is 2. The molecule has 0 saturated carbocycles. The number of allylic oxidation sites excluding steroid dienone is 16. The molecule has 0 aliphatic heterocycles.